The second-order valence-corrected chi connectivity index (χ2v) is 6.96. The highest BCUT2D eigenvalue weighted by Crippen LogP contribution is 2.19. The molecule has 0 aliphatic heterocycles. The van der Waals surface area contributed by atoms with Crippen molar-refractivity contribution in [1.82, 2.24) is 29.6 Å². The molecule has 0 unspecified atom stereocenters. The molecule has 0 spiro atoms. The Morgan fingerprint density at radius 3 is 2.59 bits per heavy atom. The largest absolute Gasteiger partial charge is 0.361 e. The summed E-state index contributed by atoms with van der Waals surface area (Å²) in [5.41, 5.74) is 1.23. The maximum Gasteiger partial charge on any atom is 0.283 e. The Kier molecular flexibility index (Phi) is 6.44. The van der Waals surface area contributed by atoms with Gasteiger partial charge in [-0.3, -0.25) is 9.80 Å². The predicted molar refractivity (Wildman–Crippen MR) is 127 cm³/mol. The molecule has 0 fully saturated rings. The summed E-state index contributed by atoms with van der Waals surface area (Å²) < 4.78 is 29.2. The maximum atomic E-state index is 14.5. The Morgan fingerprint density at radius 2 is 1.82 bits per heavy atom. The third-order valence-corrected chi connectivity index (χ3v) is 5.03. The minimum absolute atomic E-state index is 0.0817. The first kappa shape index (κ1) is 22.8. The van der Waals surface area contributed by atoms with E-state index in [1.54, 1.807) is 13.1 Å². The molecule has 174 valence electrons. The number of aromatic amines is 1. The van der Waals surface area contributed by atoms with Crippen molar-refractivity contribution in [2.75, 3.05) is 17.4 Å². The molecular weight excluding hydrogens is 442 g/mol. The minimum Gasteiger partial charge on any atom is -0.361 e. The van der Waals surface area contributed by atoms with Crippen molar-refractivity contribution in [3.63, 3.8) is 0 Å². The van der Waals surface area contributed by atoms with Crippen LogP contribution in [0.2, 0.25) is 0 Å². The van der Waals surface area contributed by atoms with Crippen LogP contribution in [-0.2, 0) is 6.54 Å². The number of nitrogens with one attached hydrogen (secondary N) is 2. The zero-order valence-corrected chi connectivity index (χ0v) is 18.8. The van der Waals surface area contributed by atoms with Gasteiger partial charge in [0.05, 0.1) is 24.1 Å². The lowest BCUT2D eigenvalue weighted by Crippen LogP contribution is -2.39. The van der Waals surface area contributed by atoms with Gasteiger partial charge in [0, 0.05) is 7.05 Å². The molecule has 11 heteroatoms. The Morgan fingerprint density at radius 1 is 1.06 bits per heavy atom. The van der Waals surface area contributed by atoms with Crippen molar-refractivity contribution >= 4 is 33.6 Å². The van der Waals surface area contributed by atoms with Gasteiger partial charge in [-0.05, 0) is 36.4 Å². The highest BCUT2D eigenvalue weighted by atomic mass is 19.1. The van der Waals surface area contributed by atoms with Gasteiger partial charge in [0.2, 0.25) is 0 Å². The normalized spacial score (nSPS) is 10.7. The summed E-state index contributed by atoms with van der Waals surface area (Å²) in [6.07, 6.45) is 2.87. The lowest BCUT2D eigenvalue weighted by atomic mass is 10.2. The summed E-state index contributed by atoms with van der Waals surface area (Å²) in [7, 11) is 1.62. The van der Waals surface area contributed by atoms with Crippen molar-refractivity contribution in [2.24, 2.45) is 0 Å². The summed E-state index contributed by atoms with van der Waals surface area (Å²) >= 11 is 0. The van der Waals surface area contributed by atoms with Gasteiger partial charge in [0.1, 0.15) is 28.9 Å². The zero-order valence-electron chi connectivity index (χ0n) is 18.8. The summed E-state index contributed by atoms with van der Waals surface area (Å²) in [5.74, 6) is -0.314. The van der Waals surface area contributed by atoms with Crippen molar-refractivity contribution < 1.29 is 8.78 Å². The van der Waals surface area contributed by atoms with Gasteiger partial charge < -0.3 is 10.3 Å². The monoisotopic (exact) mass is 464 g/mol. The number of hydrogen-bond acceptors (Lipinski definition) is 7. The van der Waals surface area contributed by atoms with E-state index in [1.807, 2.05) is 13.8 Å². The topological polar surface area (TPSA) is 105 Å². The molecule has 5 aromatic rings. The van der Waals surface area contributed by atoms with Gasteiger partial charge in [0.25, 0.3) is 5.56 Å². The number of benzene rings is 2. The van der Waals surface area contributed by atoms with E-state index in [4.69, 9.17) is 0 Å². The van der Waals surface area contributed by atoms with Crippen LogP contribution < -0.4 is 15.9 Å². The molecule has 3 heterocycles. The SMILES string of the molecule is CC.CN(c1ccc(F)cc1)n1c(CNc2ncnc3nc[nH]c23)nc2cccc(F)c2c1=O. The molecule has 2 N–H and O–H groups in total. The number of imidazole rings is 1. The fraction of sp³-hybridized carbons (Fsp3) is 0.174. The number of rotatable bonds is 5. The first-order valence-corrected chi connectivity index (χ1v) is 10.6. The van der Waals surface area contributed by atoms with Gasteiger partial charge >= 0.3 is 0 Å². The number of anilines is 2. The van der Waals surface area contributed by atoms with Crippen LogP contribution >= 0.6 is 0 Å². The molecule has 0 saturated carbocycles. The van der Waals surface area contributed by atoms with Gasteiger partial charge in [-0.2, -0.15) is 0 Å². The molecule has 0 aliphatic carbocycles. The summed E-state index contributed by atoms with van der Waals surface area (Å²) in [6, 6.07) is 9.87. The summed E-state index contributed by atoms with van der Waals surface area (Å²) in [6.45, 7) is 4.08. The lowest BCUT2D eigenvalue weighted by Gasteiger charge is -2.25. The van der Waals surface area contributed by atoms with Gasteiger partial charge in [-0.25, -0.2) is 33.4 Å². The van der Waals surface area contributed by atoms with Crippen LogP contribution in [0.3, 0.4) is 0 Å². The molecule has 3 aromatic heterocycles. The van der Waals surface area contributed by atoms with E-state index in [9.17, 15) is 13.6 Å². The molecular formula is C23H22F2N8O. The Balaban J connectivity index is 0.00000133. The molecule has 2 aromatic carbocycles. The Bertz CT molecular complexity index is 1500. The number of hydrogen-bond donors (Lipinski definition) is 2. The fourth-order valence-electron chi connectivity index (χ4n) is 3.49. The number of H-pyrrole nitrogens is 1. The van der Waals surface area contributed by atoms with Gasteiger partial charge in [-0.1, -0.05) is 19.9 Å². The molecule has 0 aliphatic rings. The van der Waals surface area contributed by atoms with E-state index < -0.39 is 17.2 Å². The maximum absolute atomic E-state index is 14.5. The van der Waals surface area contributed by atoms with Crippen LogP contribution in [0.1, 0.15) is 19.7 Å². The van der Waals surface area contributed by atoms with E-state index in [-0.39, 0.29) is 17.4 Å². The molecule has 0 radical (unpaired) electrons. The van der Waals surface area contributed by atoms with Crippen molar-refractivity contribution in [2.45, 2.75) is 20.4 Å². The first-order valence-electron chi connectivity index (χ1n) is 10.6. The molecule has 34 heavy (non-hydrogen) atoms. The quantitative estimate of drug-likeness (QED) is 0.407. The number of aromatic nitrogens is 6. The lowest BCUT2D eigenvalue weighted by molar-refractivity contribution is 0.623. The summed E-state index contributed by atoms with van der Waals surface area (Å²) in [5, 5.41) is 4.48. The number of fused-ring (bicyclic) bond motifs is 2. The van der Waals surface area contributed by atoms with E-state index in [1.165, 1.54) is 58.7 Å². The van der Waals surface area contributed by atoms with Crippen LogP contribution in [0.25, 0.3) is 22.1 Å². The van der Waals surface area contributed by atoms with Crippen LogP contribution in [0.15, 0.2) is 59.9 Å². The molecule has 5 rings (SSSR count). The Labute approximate surface area is 193 Å². The van der Waals surface area contributed by atoms with Gasteiger partial charge in [0.15, 0.2) is 17.3 Å². The smallest absolute Gasteiger partial charge is 0.283 e. The van der Waals surface area contributed by atoms with Crippen molar-refractivity contribution in [3.05, 3.63) is 82.9 Å². The van der Waals surface area contributed by atoms with E-state index in [0.717, 1.165) is 0 Å². The molecule has 0 amide bonds. The number of halogens is 2. The molecule has 0 saturated heterocycles. The first-order chi connectivity index (χ1) is 16.5. The number of nitrogens with zero attached hydrogens (tertiary/aromatic N) is 6. The molecule has 9 nitrogen and oxygen atoms in total. The third kappa shape index (κ3) is 4.15. The average molecular weight is 464 g/mol. The van der Waals surface area contributed by atoms with Crippen LogP contribution in [0, 0.1) is 11.6 Å². The third-order valence-electron chi connectivity index (χ3n) is 5.03. The van der Waals surface area contributed by atoms with Crippen molar-refractivity contribution in [1.29, 1.82) is 0 Å². The van der Waals surface area contributed by atoms with Crippen LogP contribution in [0.4, 0.5) is 20.3 Å². The van der Waals surface area contributed by atoms with Crippen LogP contribution in [0.5, 0.6) is 0 Å². The van der Waals surface area contributed by atoms with E-state index >= 15 is 0 Å². The molecule has 0 atom stereocenters. The molecule has 0 bridgehead atoms. The second kappa shape index (κ2) is 9.61. The highest BCUT2D eigenvalue weighted by Gasteiger charge is 2.18. The fourth-order valence-corrected chi connectivity index (χ4v) is 3.49. The van der Waals surface area contributed by atoms with Crippen LogP contribution in [-0.4, -0.2) is 36.6 Å². The van der Waals surface area contributed by atoms with E-state index in [0.29, 0.717) is 28.5 Å². The zero-order chi connectivity index (χ0) is 24.2. The standard InChI is InChI=1S/C21H16F2N8O.C2H6/c1-30(13-7-5-12(22)6-8-13)31-16(29-15-4-2-3-14(23)17(15)21(31)32)9-24-19-18-20(26-10-25-18)28-11-27-19;1-2/h2-8,10-11H,9H2,1H3,(H2,24,25,26,27,28);1-2H3. The predicted octanol–water partition coefficient (Wildman–Crippen LogP) is 3.88. The van der Waals surface area contributed by atoms with E-state index in [2.05, 4.69) is 30.2 Å². The second-order valence-electron chi connectivity index (χ2n) is 6.96. The minimum atomic E-state index is -0.671. The summed E-state index contributed by atoms with van der Waals surface area (Å²) in [4.78, 5) is 33.2. The van der Waals surface area contributed by atoms with Crippen molar-refractivity contribution in [3.8, 4) is 0 Å². The van der Waals surface area contributed by atoms with Gasteiger partial charge in [-0.15, -0.1) is 0 Å². The Hall–Kier alpha value is -4.41. The highest BCUT2D eigenvalue weighted by molar-refractivity contribution is 5.82. The average Bonchev–Trinajstić information content (AvgIpc) is 3.34.